The highest BCUT2D eigenvalue weighted by molar-refractivity contribution is 5.37. The largest absolute Gasteiger partial charge is 0.496 e. The molecular formula is C13H18O3. The second kappa shape index (κ2) is 4.44. The smallest absolute Gasteiger partial charge is 0.122 e. The fraction of sp³-hybridized carbons (Fsp3) is 0.538. The van der Waals surface area contributed by atoms with Gasteiger partial charge in [-0.2, -0.15) is 0 Å². The molecule has 1 aromatic carbocycles. The van der Waals surface area contributed by atoms with E-state index in [0.717, 1.165) is 17.7 Å². The van der Waals surface area contributed by atoms with Gasteiger partial charge in [-0.15, -0.1) is 0 Å². The first-order valence-electron chi connectivity index (χ1n) is 5.51. The van der Waals surface area contributed by atoms with Crippen molar-refractivity contribution in [3.63, 3.8) is 0 Å². The van der Waals surface area contributed by atoms with E-state index < -0.39 is 0 Å². The average Bonchev–Trinajstić information content (AvgIpc) is 2.24. The van der Waals surface area contributed by atoms with E-state index in [0.29, 0.717) is 13.2 Å². The number of hydrogen-bond acceptors (Lipinski definition) is 3. The lowest BCUT2D eigenvalue weighted by atomic mass is 9.80. The number of ether oxygens (including phenoxy) is 2. The molecule has 0 unspecified atom stereocenters. The molecule has 1 heterocycles. The van der Waals surface area contributed by atoms with Gasteiger partial charge >= 0.3 is 0 Å². The molecular weight excluding hydrogens is 204 g/mol. The van der Waals surface area contributed by atoms with Gasteiger partial charge in [0.2, 0.25) is 0 Å². The third-order valence-corrected chi connectivity index (χ3v) is 3.15. The van der Waals surface area contributed by atoms with Crippen LogP contribution in [0, 0.1) is 12.3 Å². The maximum atomic E-state index is 9.41. The van der Waals surface area contributed by atoms with E-state index in [4.69, 9.17) is 9.47 Å². The normalized spacial score (nSPS) is 17.9. The first-order valence-corrected chi connectivity index (χ1v) is 5.51. The predicted octanol–water partition coefficient (Wildman–Crippen LogP) is 1.56. The molecule has 2 rings (SSSR count). The van der Waals surface area contributed by atoms with Gasteiger partial charge in [0, 0.05) is 5.41 Å². The fourth-order valence-corrected chi connectivity index (χ4v) is 2.09. The Balaban J connectivity index is 2.22. The first-order chi connectivity index (χ1) is 7.69. The molecule has 16 heavy (non-hydrogen) atoms. The van der Waals surface area contributed by atoms with Gasteiger partial charge in [0.05, 0.1) is 26.9 Å². The highest BCUT2D eigenvalue weighted by atomic mass is 16.5. The van der Waals surface area contributed by atoms with Crippen LogP contribution >= 0.6 is 0 Å². The molecule has 1 saturated heterocycles. The van der Waals surface area contributed by atoms with Gasteiger partial charge in [-0.05, 0) is 25.0 Å². The number of aliphatic hydroxyl groups excluding tert-OH is 1. The van der Waals surface area contributed by atoms with Crippen LogP contribution in [0.15, 0.2) is 18.2 Å². The van der Waals surface area contributed by atoms with Crippen LogP contribution < -0.4 is 4.74 Å². The molecule has 1 fully saturated rings. The van der Waals surface area contributed by atoms with Crippen LogP contribution in [0.3, 0.4) is 0 Å². The van der Waals surface area contributed by atoms with E-state index in [1.54, 1.807) is 7.11 Å². The number of aryl methyl sites for hydroxylation is 1. The maximum absolute atomic E-state index is 9.41. The Morgan fingerprint density at radius 1 is 1.44 bits per heavy atom. The molecule has 1 aromatic rings. The lowest BCUT2D eigenvalue weighted by Gasteiger charge is -2.40. The summed E-state index contributed by atoms with van der Waals surface area (Å²) in [5.41, 5.74) is 2.27. The van der Waals surface area contributed by atoms with Crippen LogP contribution in [0.2, 0.25) is 0 Å². The number of methoxy groups -OCH3 is 1. The zero-order valence-electron chi connectivity index (χ0n) is 9.82. The van der Waals surface area contributed by atoms with Crippen LogP contribution in [0.1, 0.15) is 11.1 Å². The van der Waals surface area contributed by atoms with E-state index in [1.807, 2.05) is 12.1 Å². The third kappa shape index (κ3) is 2.06. The number of hydrogen-bond donors (Lipinski definition) is 1. The second-order valence-electron chi connectivity index (χ2n) is 4.64. The quantitative estimate of drug-likeness (QED) is 0.840. The Kier molecular flexibility index (Phi) is 3.17. The molecule has 3 heteroatoms. The molecule has 0 aliphatic carbocycles. The van der Waals surface area contributed by atoms with Gasteiger partial charge in [-0.1, -0.05) is 17.7 Å². The molecule has 1 N–H and O–H groups in total. The number of rotatable bonds is 4. The van der Waals surface area contributed by atoms with E-state index in [1.165, 1.54) is 5.56 Å². The van der Waals surface area contributed by atoms with Gasteiger partial charge in [0.1, 0.15) is 5.75 Å². The second-order valence-corrected chi connectivity index (χ2v) is 4.64. The molecule has 0 saturated carbocycles. The Bertz CT molecular complexity index is 364. The summed E-state index contributed by atoms with van der Waals surface area (Å²) in [6.45, 7) is 3.51. The topological polar surface area (TPSA) is 38.7 Å². The Labute approximate surface area is 96.0 Å². The van der Waals surface area contributed by atoms with E-state index >= 15 is 0 Å². The van der Waals surface area contributed by atoms with Crippen molar-refractivity contribution in [1.29, 1.82) is 0 Å². The van der Waals surface area contributed by atoms with Crippen molar-refractivity contribution in [2.45, 2.75) is 13.3 Å². The lowest BCUT2D eigenvalue weighted by molar-refractivity contribution is -0.136. The highest BCUT2D eigenvalue weighted by Gasteiger charge is 2.38. The SMILES string of the molecule is COc1ccc(C)cc1CC1(CO)COC1. The van der Waals surface area contributed by atoms with E-state index in [2.05, 4.69) is 13.0 Å². The van der Waals surface area contributed by atoms with Gasteiger partial charge in [-0.25, -0.2) is 0 Å². The molecule has 0 amide bonds. The summed E-state index contributed by atoms with van der Waals surface area (Å²) in [5, 5.41) is 9.41. The van der Waals surface area contributed by atoms with Crippen LogP contribution in [0.4, 0.5) is 0 Å². The van der Waals surface area contributed by atoms with Crippen molar-refractivity contribution in [1.82, 2.24) is 0 Å². The third-order valence-electron chi connectivity index (χ3n) is 3.15. The molecule has 0 atom stereocenters. The summed E-state index contributed by atoms with van der Waals surface area (Å²) in [7, 11) is 1.68. The summed E-state index contributed by atoms with van der Waals surface area (Å²) >= 11 is 0. The fourth-order valence-electron chi connectivity index (χ4n) is 2.09. The van der Waals surface area contributed by atoms with Crippen molar-refractivity contribution >= 4 is 0 Å². The minimum absolute atomic E-state index is 0.0962. The molecule has 3 nitrogen and oxygen atoms in total. The molecule has 88 valence electrons. The van der Waals surface area contributed by atoms with Crippen molar-refractivity contribution in [2.75, 3.05) is 26.9 Å². The van der Waals surface area contributed by atoms with E-state index in [-0.39, 0.29) is 12.0 Å². The van der Waals surface area contributed by atoms with Crippen LogP contribution in [-0.4, -0.2) is 32.0 Å². The zero-order chi connectivity index (χ0) is 11.6. The van der Waals surface area contributed by atoms with Crippen LogP contribution in [0.5, 0.6) is 5.75 Å². The van der Waals surface area contributed by atoms with Crippen LogP contribution in [-0.2, 0) is 11.2 Å². The zero-order valence-corrected chi connectivity index (χ0v) is 9.82. The summed E-state index contributed by atoms with van der Waals surface area (Å²) in [5.74, 6) is 0.894. The minimum Gasteiger partial charge on any atom is -0.496 e. The van der Waals surface area contributed by atoms with Crippen molar-refractivity contribution < 1.29 is 14.6 Å². The number of benzene rings is 1. The van der Waals surface area contributed by atoms with Crippen molar-refractivity contribution in [3.8, 4) is 5.75 Å². The summed E-state index contributed by atoms with van der Waals surface area (Å²) in [4.78, 5) is 0. The summed E-state index contributed by atoms with van der Waals surface area (Å²) in [6, 6.07) is 6.13. The molecule has 0 spiro atoms. The molecule has 0 aromatic heterocycles. The van der Waals surface area contributed by atoms with Gasteiger partial charge in [-0.3, -0.25) is 0 Å². The average molecular weight is 222 g/mol. The molecule has 0 bridgehead atoms. The van der Waals surface area contributed by atoms with Gasteiger partial charge < -0.3 is 14.6 Å². The monoisotopic (exact) mass is 222 g/mol. The van der Waals surface area contributed by atoms with Crippen molar-refractivity contribution in [2.24, 2.45) is 5.41 Å². The predicted molar refractivity (Wildman–Crippen MR) is 61.8 cm³/mol. The Hall–Kier alpha value is -1.06. The summed E-state index contributed by atoms with van der Waals surface area (Å²) in [6.07, 6.45) is 0.814. The van der Waals surface area contributed by atoms with Crippen molar-refractivity contribution in [3.05, 3.63) is 29.3 Å². The highest BCUT2D eigenvalue weighted by Crippen LogP contribution is 2.34. The van der Waals surface area contributed by atoms with E-state index in [9.17, 15) is 5.11 Å². The molecule has 1 aliphatic rings. The van der Waals surface area contributed by atoms with Gasteiger partial charge in [0.25, 0.3) is 0 Å². The van der Waals surface area contributed by atoms with Gasteiger partial charge in [0.15, 0.2) is 0 Å². The minimum atomic E-state index is -0.0962. The molecule has 0 radical (unpaired) electrons. The van der Waals surface area contributed by atoms with Crippen LogP contribution in [0.25, 0.3) is 0 Å². The molecule has 1 aliphatic heterocycles. The lowest BCUT2D eigenvalue weighted by Crippen LogP contribution is -2.47. The Morgan fingerprint density at radius 3 is 2.69 bits per heavy atom. The first kappa shape index (κ1) is 11.4. The maximum Gasteiger partial charge on any atom is 0.122 e. The number of aliphatic hydroxyl groups is 1. The Morgan fingerprint density at radius 2 is 2.19 bits per heavy atom. The standard InChI is InChI=1S/C13H18O3/c1-10-3-4-12(15-2)11(5-10)6-13(7-14)8-16-9-13/h3-5,14H,6-9H2,1-2H3. The summed E-state index contributed by atoms with van der Waals surface area (Å²) < 4.78 is 10.5.